The first kappa shape index (κ1) is 66.9. The molecule has 0 heterocycles. The monoisotopic (exact) mass is 971 g/mol. The van der Waals surface area contributed by atoms with Crippen LogP contribution in [0.4, 0.5) is 0 Å². The lowest BCUT2D eigenvalue weighted by atomic mass is 10.0. The molecule has 0 spiro atoms. The minimum atomic E-state index is -0.768. The van der Waals surface area contributed by atoms with Crippen molar-refractivity contribution >= 4 is 17.9 Å². The van der Waals surface area contributed by atoms with Gasteiger partial charge in [0.05, 0.1) is 0 Å². The van der Waals surface area contributed by atoms with Crippen LogP contribution < -0.4 is 0 Å². The molecule has 0 saturated carbocycles. The van der Waals surface area contributed by atoms with Gasteiger partial charge in [0.15, 0.2) is 6.10 Å². The van der Waals surface area contributed by atoms with Gasteiger partial charge >= 0.3 is 17.9 Å². The molecular weight excluding hydrogens is 853 g/mol. The highest BCUT2D eigenvalue weighted by atomic mass is 16.6. The second-order valence-electron chi connectivity index (χ2n) is 21.0. The lowest BCUT2D eigenvalue weighted by Crippen LogP contribution is -2.30. The number of ether oxygens (including phenoxy) is 3. The van der Waals surface area contributed by atoms with Crippen LogP contribution in [0.2, 0.25) is 0 Å². The summed E-state index contributed by atoms with van der Waals surface area (Å²) in [6, 6.07) is 0. The van der Waals surface area contributed by atoms with E-state index in [1.807, 2.05) is 0 Å². The molecule has 0 rings (SSSR count). The molecule has 0 radical (unpaired) electrons. The molecule has 0 saturated heterocycles. The smallest absolute Gasteiger partial charge is 0.306 e. The largest absolute Gasteiger partial charge is 0.462 e. The van der Waals surface area contributed by atoms with Gasteiger partial charge in [0.1, 0.15) is 13.2 Å². The number of carbonyl (C=O) groups is 3. The number of carbonyl (C=O) groups excluding carboxylic acids is 3. The Balaban J connectivity index is 4.31. The third kappa shape index (κ3) is 56.7. The van der Waals surface area contributed by atoms with E-state index in [0.29, 0.717) is 19.3 Å². The van der Waals surface area contributed by atoms with E-state index in [1.54, 1.807) is 0 Å². The summed E-state index contributed by atoms with van der Waals surface area (Å²) in [6.07, 6.45) is 68.8. The summed E-state index contributed by atoms with van der Waals surface area (Å²) < 4.78 is 16.9. The third-order valence-electron chi connectivity index (χ3n) is 14.0. The maximum Gasteiger partial charge on any atom is 0.306 e. The van der Waals surface area contributed by atoms with Gasteiger partial charge in [-0.2, -0.15) is 0 Å². The zero-order chi connectivity index (χ0) is 50.0. The molecule has 0 amide bonds. The minimum absolute atomic E-state index is 0.0659. The average Bonchev–Trinajstić information content (AvgIpc) is 3.35. The molecule has 69 heavy (non-hydrogen) atoms. The van der Waals surface area contributed by atoms with Gasteiger partial charge in [0, 0.05) is 19.3 Å². The van der Waals surface area contributed by atoms with E-state index in [9.17, 15) is 14.4 Å². The Morgan fingerprint density at radius 1 is 0.290 bits per heavy atom. The van der Waals surface area contributed by atoms with Crippen LogP contribution in [0.25, 0.3) is 0 Å². The molecule has 0 aliphatic carbocycles. The molecule has 0 bridgehead atoms. The van der Waals surface area contributed by atoms with Gasteiger partial charge in [0.2, 0.25) is 0 Å². The summed E-state index contributed by atoms with van der Waals surface area (Å²) in [6.45, 7) is 6.68. The predicted molar refractivity (Wildman–Crippen MR) is 298 cm³/mol. The fourth-order valence-corrected chi connectivity index (χ4v) is 9.32. The number of esters is 3. The Kier molecular flexibility index (Phi) is 56.7. The Bertz CT molecular complexity index is 1110. The maximum atomic E-state index is 12.9. The predicted octanol–water partition coefficient (Wildman–Crippen LogP) is 20.7. The van der Waals surface area contributed by atoms with Crippen molar-refractivity contribution in [2.45, 2.75) is 348 Å². The summed E-state index contributed by atoms with van der Waals surface area (Å²) in [4.78, 5) is 38.3. The summed E-state index contributed by atoms with van der Waals surface area (Å²) >= 11 is 0. The Labute approximate surface area is 430 Å². The second-order valence-corrected chi connectivity index (χ2v) is 21.0. The molecule has 0 aromatic rings. The van der Waals surface area contributed by atoms with Crippen LogP contribution in [-0.4, -0.2) is 37.2 Å². The number of allylic oxidation sites excluding steroid dienone is 4. The van der Waals surface area contributed by atoms with Crippen LogP contribution in [0.5, 0.6) is 0 Å². The Morgan fingerprint density at radius 3 is 0.797 bits per heavy atom. The molecule has 0 aliphatic heterocycles. The van der Waals surface area contributed by atoms with Crippen molar-refractivity contribution in [3.8, 4) is 0 Å². The van der Waals surface area contributed by atoms with E-state index in [4.69, 9.17) is 14.2 Å². The van der Waals surface area contributed by atoms with Gasteiger partial charge in [-0.25, -0.2) is 0 Å². The van der Waals surface area contributed by atoms with Crippen molar-refractivity contribution in [3.63, 3.8) is 0 Å². The fraction of sp³-hybridized carbons (Fsp3) is 0.889. The SMILES string of the molecule is CCCCC/C=C\C=C/CCCCCCCCCCCCC(=O)OCC(COC(=O)CCCCCCCCCCCCCCCCCC)OC(=O)CCCCCCCCCCCCCCCCCC. The van der Waals surface area contributed by atoms with Gasteiger partial charge in [0.25, 0.3) is 0 Å². The molecule has 0 fully saturated rings. The highest BCUT2D eigenvalue weighted by molar-refractivity contribution is 5.71. The zero-order valence-corrected chi connectivity index (χ0v) is 46.6. The molecule has 0 aromatic carbocycles. The van der Waals surface area contributed by atoms with E-state index in [2.05, 4.69) is 45.1 Å². The highest BCUT2D eigenvalue weighted by Gasteiger charge is 2.19. The standard InChI is InChI=1S/C63H118O6/c1-4-7-10-13-16-19-22-25-28-31-32-33-36-38-41-44-47-50-53-56-62(65)68-59-60(69-63(66)57-54-51-48-45-42-39-35-30-27-24-21-18-15-12-9-6-3)58-67-61(64)55-52-49-46-43-40-37-34-29-26-23-20-17-14-11-8-5-2/h16,19,22,25,60H,4-15,17-18,20-21,23-24,26-59H2,1-3H3/b19-16-,25-22-. The summed E-state index contributed by atoms with van der Waals surface area (Å²) in [5, 5.41) is 0. The Hall–Kier alpha value is -2.11. The third-order valence-corrected chi connectivity index (χ3v) is 14.0. The summed E-state index contributed by atoms with van der Waals surface area (Å²) in [7, 11) is 0. The first-order valence-electron chi connectivity index (χ1n) is 30.9. The van der Waals surface area contributed by atoms with Crippen molar-refractivity contribution < 1.29 is 28.6 Å². The number of hydrogen-bond donors (Lipinski definition) is 0. The quantitative estimate of drug-likeness (QED) is 0.0261. The van der Waals surface area contributed by atoms with Crippen LogP contribution in [0, 0.1) is 0 Å². The summed E-state index contributed by atoms with van der Waals surface area (Å²) in [5.41, 5.74) is 0. The van der Waals surface area contributed by atoms with Crippen LogP contribution in [0.1, 0.15) is 342 Å². The zero-order valence-electron chi connectivity index (χ0n) is 46.6. The van der Waals surface area contributed by atoms with Gasteiger partial charge in [-0.05, 0) is 44.9 Å². The maximum absolute atomic E-state index is 12.9. The number of unbranched alkanes of at least 4 members (excludes halogenated alkanes) is 43. The van der Waals surface area contributed by atoms with Crippen LogP contribution >= 0.6 is 0 Å². The average molecular weight is 972 g/mol. The molecule has 6 nitrogen and oxygen atoms in total. The molecule has 0 aliphatic rings. The Morgan fingerprint density at radius 2 is 0.507 bits per heavy atom. The second kappa shape index (κ2) is 58.5. The lowest BCUT2D eigenvalue weighted by Gasteiger charge is -2.18. The van der Waals surface area contributed by atoms with E-state index in [0.717, 1.165) is 57.8 Å². The molecule has 6 heteroatoms. The normalized spacial score (nSPS) is 12.1. The lowest BCUT2D eigenvalue weighted by molar-refractivity contribution is -0.167. The molecule has 0 aromatic heterocycles. The fourth-order valence-electron chi connectivity index (χ4n) is 9.32. The number of rotatable bonds is 57. The highest BCUT2D eigenvalue weighted by Crippen LogP contribution is 2.18. The van der Waals surface area contributed by atoms with Crippen LogP contribution in [0.3, 0.4) is 0 Å². The van der Waals surface area contributed by atoms with Crippen molar-refractivity contribution in [3.05, 3.63) is 24.3 Å². The molecule has 406 valence electrons. The molecular formula is C63H118O6. The van der Waals surface area contributed by atoms with Crippen LogP contribution in [0.15, 0.2) is 24.3 Å². The first-order valence-corrected chi connectivity index (χ1v) is 30.9. The summed E-state index contributed by atoms with van der Waals surface area (Å²) in [5.74, 6) is -0.843. The van der Waals surface area contributed by atoms with E-state index in [1.165, 1.54) is 244 Å². The number of hydrogen-bond acceptors (Lipinski definition) is 6. The minimum Gasteiger partial charge on any atom is -0.462 e. The molecule has 1 atom stereocenters. The van der Waals surface area contributed by atoms with Gasteiger partial charge in [-0.15, -0.1) is 0 Å². The molecule has 1 unspecified atom stereocenters. The van der Waals surface area contributed by atoms with E-state index in [-0.39, 0.29) is 31.1 Å². The van der Waals surface area contributed by atoms with Crippen LogP contribution in [-0.2, 0) is 28.6 Å². The van der Waals surface area contributed by atoms with Gasteiger partial charge < -0.3 is 14.2 Å². The van der Waals surface area contributed by atoms with E-state index >= 15 is 0 Å². The van der Waals surface area contributed by atoms with Crippen molar-refractivity contribution in [1.29, 1.82) is 0 Å². The van der Waals surface area contributed by atoms with E-state index < -0.39 is 6.10 Å². The topological polar surface area (TPSA) is 78.9 Å². The first-order chi connectivity index (χ1) is 34.0. The molecule has 0 N–H and O–H groups in total. The van der Waals surface area contributed by atoms with Crippen molar-refractivity contribution in [1.82, 2.24) is 0 Å². The van der Waals surface area contributed by atoms with Crippen molar-refractivity contribution in [2.75, 3.05) is 13.2 Å². The van der Waals surface area contributed by atoms with Gasteiger partial charge in [-0.3, -0.25) is 14.4 Å². The van der Waals surface area contributed by atoms with Crippen molar-refractivity contribution in [2.24, 2.45) is 0 Å². The van der Waals surface area contributed by atoms with Gasteiger partial charge in [-0.1, -0.05) is 302 Å².